The fraction of sp³-hybridized carbons (Fsp3) is 0.393. The number of methoxy groups -OCH3 is 1. The Hall–Kier alpha value is -3.85. The lowest BCUT2D eigenvalue weighted by molar-refractivity contribution is 0.122. The third kappa shape index (κ3) is 5.61. The first-order valence-corrected chi connectivity index (χ1v) is 12.7. The van der Waals surface area contributed by atoms with Crippen LogP contribution < -0.4 is 19.7 Å². The molecule has 2 amide bonds. The van der Waals surface area contributed by atoms with E-state index in [9.17, 15) is 4.79 Å². The fourth-order valence-electron chi connectivity index (χ4n) is 4.50. The molecule has 1 aromatic heterocycles. The first-order valence-electron chi connectivity index (χ1n) is 12.7. The molecule has 0 radical (unpaired) electrons. The molecule has 3 aromatic rings. The van der Waals surface area contributed by atoms with Gasteiger partial charge in [0, 0.05) is 31.7 Å². The van der Waals surface area contributed by atoms with Gasteiger partial charge in [0.05, 0.1) is 38.1 Å². The molecule has 1 N–H and O–H groups in total. The summed E-state index contributed by atoms with van der Waals surface area (Å²) in [5, 5.41) is 3.02. The zero-order chi connectivity index (χ0) is 25.8. The molecule has 0 unspecified atom stereocenters. The van der Waals surface area contributed by atoms with Crippen LogP contribution in [0.25, 0.3) is 0 Å². The van der Waals surface area contributed by atoms with E-state index in [1.807, 2.05) is 48.5 Å². The van der Waals surface area contributed by atoms with Crippen molar-refractivity contribution >= 4 is 17.7 Å². The van der Waals surface area contributed by atoms with Gasteiger partial charge in [0.15, 0.2) is 11.5 Å². The number of urea groups is 1. The number of hydrogen-bond donors (Lipinski definition) is 1. The maximum atomic E-state index is 13.2. The van der Waals surface area contributed by atoms with Crippen LogP contribution in [-0.4, -0.2) is 60.9 Å². The molecule has 1 fully saturated rings. The fourth-order valence-corrected chi connectivity index (χ4v) is 4.50. The van der Waals surface area contributed by atoms with Gasteiger partial charge in [0.2, 0.25) is 11.8 Å². The quantitative estimate of drug-likeness (QED) is 0.515. The average Bonchev–Trinajstić information content (AvgIpc) is 2.93. The van der Waals surface area contributed by atoms with E-state index in [-0.39, 0.29) is 6.03 Å². The Morgan fingerprint density at radius 1 is 1.00 bits per heavy atom. The van der Waals surface area contributed by atoms with Crippen LogP contribution in [0.2, 0.25) is 0 Å². The van der Waals surface area contributed by atoms with Crippen LogP contribution in [0.5, 0.6) is 17.4 Å². The second-order valence-corrected chi connectivity index (χ2v) is 9.48. The van der Waals surface area contributed by atoms with Crippen molar-refractivity contribution in [1.29, 1.82) is 0 Å². The van der Waals surface area contributed by atoms with Crippen molar-refractivity contribution in [2.75, 3.05) is 50.2 Å². The van der Waals surface area contributed by atoms with E-state index in [1.54, 1.807) is 12.0 Å². The third-order valence-electron chi connectivity index (χ3n) is 6.70. The van der Waals surface area contributed by atoms with Gasteiger partial charge in [-0.05, 0) is 35.7 Å². The minimum atomic E-state index is -0.163. The van der Waals surface area contributed by atoms with Crippen LogP contribution in [0.15, 0.2) is 48.5 Å². The van der Waals surface area contributed by atoms with E-state index in [0.717, 1.165) is 30.0 Å². The third-order valence-corrected chi connectivity index (χ3v) is 6.70. The second-order valence-electron chi connectivity index (χ2n) is 9.48. The summed E-state index contributed by atoms with van der Waals surface area (Å²) >= 11 is 0. The summed E-state index contributed by atoms with van der Waals surface area (Å²) in [5.74, 6) is 2.67. The van der Waals surface area contributed by atoms with E-state index < -0.39 is 0 Å². The van der Waals surface area contributed by atoms with E-state index in [1.165, 1.54) is 5.56 Å². The Morgan fingerprint density at radius 3 is 2.43 bits per heavy atom. The summed E-state index contributed by atoms with van der Waals surface area (Å²) in [7, 11) is 1.61. The molecule has 5 rings (SSSR count). The standard InChI is InChI=1S/C28H33N5O4/c1-19(2)20-8-10-21(11-9-20)29-28(34)33-13-12-23-22(18-33)26(37-25-7-5-4-6-24(25)35-3)31-27(30-23)32-14-16-36-17-15-32/h4-11,19H,12-18H2,1-3H3,(H,29,34). The number of para-hydroxylation sites is 2. The molecule has 9 nitrogen and oxygen atoms in total. The van der Waals surface area contributed by atoms with Crippen molar-refractivity contribution in [3.63, 3.8) is 0 Å². The van der Waals surface area contributed by atoms with Crippen LogP contribution in [0.3, 0.4) is 0 Å². The highest BCUT2D eigenvalue weighted by atomic mass is 16.5. The molecule has 0 atom stereocenters. The summed E-state index contributed by atoms with van der Waals surface area (Å²) < 4.78 is 17.3. The number of carbonyl (C=O) groups excluding carboxylic acids is 1. The monoisotopic (exact) mass is 503 g/mol. The number of benzene rings is 2. The van der Waals surface area contributed by atoms with Crippen molar-refractivity contribution in [2.24, 2.45) is 0 Å². The number of amides is 2. The van der Waals surface area contributed by atoms with Gasteiger partial charge in [-0.1, -0.05) is 38.1 Å². The first-order chi connectivity index (χ1) is 18.0. The minimum Gasteiger partial charge on any atom is -0.493 e. The topological polar surface area (TPSA) is 89.1 Å². The molecule has 2 aromatic carbocycles. The van der Waals surface area contributed by atoms with Crippen LogP contribution in [0.1, 0.15) is 36.6 Å². The number of ether oxygens (including phenoxy) is 3. The van der Waals surface area contributed by atoms with Gasteiger partial charge in [-0.15, -0.1) is 0 Å². The Kier molecular flexibility index (Phi) is 7.41. The van der Waals surface area contributed by atoms with Gasteiger partial charge >= 0.3 is 6.03 Å². The molecule has 1 saturated heterocycles. The van der Waals surface area contributed by atoms with Crippen LogP contribution in [-0.2, 0) is 17.7 Å². The van der Waals surface area contributed by atoms with E-state index >= 15 is 0 Å². The van der Waals surface area contributed by atoms with Gasteiger partial charge < -0.3 is 29.3 Å². The van der Waals surface area contributed by atoms with Crippen LogP contribution in [0.4, 0.5) is 16.4 Å². The molecular formula is C28H33N5O4. The molecule has 2 aliphatic heterocycles. The number of nitrogens with zero attached hydrogens (tertiary/aromatic N) is 4. The van der Waals surface area contributed by atoms with E-state index in [0.29, 0.717) is 62.0 Å². The molecular weight excluding hydrogens is 470 g/mol. The highest BCUT2D eigenvalue weighted by molar-refractivity contribution is 5.89. The lowest BCUT2D eigenvalue weighted by Crippen LogP contribution is -2.41. The second kappa shape index (κ2) is 11.0. The van der Waals surface area contributed by atoms with Crippen molar-refractivity contribution < 1.29 is 19.0 Å². The molecule has 37 heavy (non-hydrogen) atoms. The summed E-state index contributed by atoms with van der Waals surface area (Å²) in [6, 6.07) is 15.3. The molecule has 194 valence electrons. The smallest absolute Gasteiger partial charge is 0.322 e. The van der Waals surface area contributed by atoms with Crippen molar-refractivity contribution in [1.82, 2.24) is 14.9 Å². The first kappa shape index (κ1) is 24.8. The van der Waals surface area contributed by atoms with E-state index in [4.69, 9.17) is 24.2 Å². The Morgan fingerprint density at radius 2 is 1.73 bits per heavy atom. The number of fused-ring (bicyclic) bond motifs is 1. The minimum absolute atomic E-state index is 0.163. The van der Waals surface area contributed by atoms with Gasteiger partial charge in [-0.3, -0.25) is 0 Å². The predicted octanol–water partition coefficient (Wildman–Crippen LogP) is 4.83. The van der Waals surface area contributed by atoms with E-state index in [2.05, 4.69) is 24.1 Å². The number of carbonyl (C=O) groups is 1. The van der Waals surface area contributed by atoms with Crippen molar-refractivity contribution in [3.8, 4) is 17.4 Å². The number of hydrogen-bond acceptors (Lipinski definition) is 7. The lowest BCUT2D eigenvalue weighted by atomic mass is 10.0. The largest absolute Gasteiger partial charge is 0.493 e. The number of nitrogens with one attached hydrogen (secondary N) is 1. The molecule has 0 bridgehead atoms. The van der Waals surface area contributed by atoms with Crippen LogP contribution in [0, 0.1) is 0 Å². The van der Waals surface area contributed by atoms with Gasteiger partial charge in [0.25, 0.3) is 0 Å². The molecule has 9 heteroatoms. The molecule has 0 aliphatic carbocycles. The maximum absolute atomic E-state index is 13.2. The number of anilines is 2. The Labute approximate surface area is 217 Å². The molecule has 3 heterocycles. The van der Waals surface area contributed by atoms with Gasteiger partial charge in [-0.25, -0.2) is 9.78 Å². The predicted molar refractivity (Wildman–Crippen MR) is 142 cm³/mol. The van der Waals surface area contributed by atoms with Gasteiger partial charge in [0.1, 0.15) is 0 Å². The van der Waals surface area contributed by atoms with Crippen molar-refractivity contribution in [3.05, 3.63) is 65.4 Å². The van der Waals surface area contributed by atoms with Crippen LogP contribution >= 0.6 is 0 Å². The normalized spacial score (nSPS) is 15.4. The number of rotatable bonds is 6. The summed E-state index contributed by atoms with van der Waals surface area (Å²) in [5.41, 5.74) is 3.70. The Bertz CT molecular complexity index is 1240. The maximum Gasteiger partial charge on any atom is 0.322 e. The van der Waals surface area contributed by atoms with Gasteiger partial charge in [-0.2, -0.15) is 4.98 Å². The van der Waals surface area contributed by atoms with Crippen molar-refractivity contribution in [2.45, 2.75) is 32.7 Å². The number of aromatic nitrogens is 2. The summed E-state index contributed by atoms with van der Waals surface area (Å²) in [6.45, 7) is 7.90. The molecule has 2 aliphatic rings. The zero-order valence-electron chi connectivity index (χ0n) is 21.6. The average molecular weight is 504 g/mol. The zero-order valence-corrected chi connectivity index (χ0v) is 21.6. The highest BCUT2D eigenvalue weighted by Crippen LogP contribution is 2.35. The Balaban J connectivity index is 1.41. The summed E-state index contributed by atoms with van der Waals surface area (Å²) in [4.78, 5) is 26.7. The molecule has 0 spiro atoms. The molecule has 0 saturated carbocycles. The highest BCUT2D eigenvalue weighted by Gasteiger charge is 2.28. The SMILES string of the molecule is COc1ccccc1Oc1nc(N2CCOCC2)nc2c1CN(C(=O)Nc1ccc(C(C)C)cc1)CC2. The lowest BCUT2D eigenvalue weighted by Gasteiger charge is -2.32. The number of morpholine rings is 1. The summed E-state index contributed by atoms with van der Waals surface area (Å²) in [6.07, 6.45) is 0.608.